The van der Waals surface area contributed by atoms with Crippen molar-refractivity contribution in [3.8, 4) is 28.3 Å². The van der Waals surface area contributed by atoms with E-state index in [0.717, 1.165) is 29.6 Å². The molecular weight excluding hydrogens is 440 g/mol. The fraction of sp³-hybridized carbons (Fsp3) is 0.240. The van der Waals surface area contributed by atoms with Gasteiger partial charge in [0.05, 0.1) is 7.11 Å². The zero-order valence-corrected chi connectivity index (χ0v) is 19.4. The van der Waals surface area contributed by atoms with E-state index in [9.17, 15) is 13.6 Å². The summed E-state index contributed by atoms with van der Waals surface area (Å²) in [5.41, 5.74) is 8.44. The molecule has 0 amide bonds. The molecule has 7 nitrogen and oxygen atoms in total. The number of hydrogen-bond acceptors (Lipinski definition) is 6. The summed E-state index contributed by atoms with van der Waals surface area (Å²) in [7, 11) is 3.58. The highest BCUT2D eigenvalue weighted by atomic mass is 19.1. The van der Waals surface area contributed by atoms with Gasteiger partial charge < -0.3 is 20.4 Å². The van der Waals surface area contributed by atoms with Crippen LogP contribution in [0.25, 0.3) is 33.3 Å². The predicted octanol–water partition coefficient (Wildman–Crippen LogP) is 4.28. The van der Waals surface area contributed by atoms with Crippen LogP contribution in [0.3, 0.4) is 0 Å². The van der Waals surface area contributed by atoms with Crippen molar-refractivity contribution >= 4 is 16.6 Å². The first-order valence-corrected chi connectivity index (χ1v) is 10.7. The number of aromatic amines is 1. The van der Waals surface area contributed by atoms with E-state index >= 15 is 0 Å². The maximum Gasteiger partial charge on any atom is 0.256 e. The predicted molar refractivity (Wildman–Crippen MR) is 129 cm³/mol. The van der Waals surface area contributed by atoms with Crippen molar-refractivity contribution in [2.24, 2.45) is 0 Å². The van der Waals surface area contributed by atoms with Crippen LogP contribution in [0.15, 0.2) is 41.3 Å². The van der Waals surface area contributed by atoms with Crippen LogP contribution in [0.4, 0.5) is 14.6 Å². The molecule has 2 aromatic heterocycles. The number of H-pyrrole nitrogens is 1. The van der Waals surface area contributed by atoms with Crippen molar-refractivity contribution in [3.63, 3.8) is 0 Å². The second-order valence-electron chi connectivity index (χ2n) is 8.14. The number of benzene rings is 2. The van der Waals surface area contributed by atoms with Gasteiger partial charge in [0.1, 0.15) is 23.0 Å². The number of fused-ring (bicyclic) bond motifs is 1. The highest BCUT2D eigenvalue weighted by Gasteiger charge is 2.19. The first-order chi connectivity index (χ1) is 16.2. The molecule has 0 atom stereocenters. The summed E-state index contributed by atoms with van der Waals surface area (Å²) in [4.78, 5) is 24.8. The lowest BCUT2D eigenvalue weighted by molar-refractivity contribution is 0.332. The molecule has 0 saturated carbocycles. The second kappa shape index (κ2) is 9.18. The normalized spacial score (nSPS) is 11.4. The molecule has 4 aromatic rings. The number of nitrogens with two attached hydrogens (primary N) is 1. The smallest absolute Gasteiger partial charge is 0.256 e. The number of methoxy groups -OCH3 is 1. The number of aromatic nitrogens is 3. The molecule has 34 heavy (non-hydrogen) atoms. The Labute approximate surface area is 195 Å². The van der Waals surface area contributed by atoms with Gasteiger partial charge in [-0.05, 0) is 50.3 Å². The number of nitrogens with one attached hydrogen (secondary N) is 1. The first-order valence-electron chi connectivity index (χ1n) is 10.7. The molecule has 0 aliphatic heterocycles. The number of hydrogen-bond donors (Lipinski definition) is 2. The molecule has 0 radical (unpaired) electrons. The average Bonchev–Trinajstić information content (AvgIpc) is 2.81. The van der Waals surface area contributed by atoms with Crippen LogP contribution >= 0.6 is 0 Å². The summed E-state index contributed by atoms with van der Waals surface area (Å²) in [6.07, 6.45) is 0.995. The number of rotatable bonds is 6. The van der Waals surface area contributed by atoms with Gasteiger partial charge in [-0.3, -0.25) is 4.79 Å². The van der Waals surface area contributed by atoms with Crippen molar-refractivity contribution in [1.29, 1.82) is 0 Å². The Balaban J connectivity index is 1.89. The van der Waals surface area contributed by atoms with Gasteiger partial charge in [-0.1, -0.05) is 13.0 Å². The lowest BCUT2D eigenvalue weighted by Crippen LogP contribution is -2.17. The largest absolute Gasteiger partial charge is 0.496 e. The molecule has 9 heteroatoms. The van der Waals surface area contributed by atoms with Crippen molar-refractivity contribution in [1.82, 2.24) is 19.9 Å². The molecule has 0 spiro atoms. The van der Waals surface area contributed by atoms with Crippen molar-refractivity contribution in [3.05, 3.63) is 69.8 Å². The monoisotopic (exact) mass is 465 g/mol. The zero-order valence-electron chi connectivity index (χ0n) is 19.4. The van der Waals surface area contributed by atoms with Gasteiger partial charge >= 0.3 is 0 Å². The lowest BCUT2D eigenvalue weighted by atomic mass is 10.0. The molecule has 0 saturated heterocycles. The van der Waals surface area contributed by atoms with E-state index < -0.39 is 17.3 Å². The van der Waals surface area contributed by atoms with E-state index in [2.05, 4.69) is 19.9 Å². The Morgan fingerprint density at radius 3 is 2.56 bits per heavy atom. The Bertz CT molecular complexity index is 1450. The summed E-state index contributed by atoms with van der Waals surface area (Å²) >= 11 is 0. The highest BCUT2D eigenvalue weighted by Crippen LogP contribution is 2.34. The summed E-state index contributed by atoms with van der Waals surface area (Å²) in [6.45, 7) is 5.35. The van der Waals surface area contributed by atoms with E-state index in [1.54, 1.807) is 19.2 Å². The van der Waals surface area contributed by atoms with Crippen LogP contribution in [0.1, 0.15) is 18.1 Å². The molecule has 0 aliphatic rings. The minimum Gasteiger partial charge on any atom is -0.496 e. The van der Waals surface area contributed by atoms with E-state index in [4.69, 9.17) is 10.5 Å². The van der Waals surface area contributed by atoms with Crippen molar-refractivity contribution < 1.29 is 13.5 Å². The number of anilines is 1. The zero-order chi connectivity index (χ0) is 24.6. The van der Waals surface area contributed by atoms with Crippen molar-refractivity contribution in [2.45, 2.75) is 20.4 Å². The second-order valence-corrected chi connectivity index (χ2v) is 8.14. The topological polar surface area (TPSA) is 97.1 Å². The van der Waals surface area contributed by atoms with Gasteiger partial charge in [0.25, 0.3) is 5.56 Å². The standard InChI is InChI=1S/C25H25F2N5O2/c1-5-32(3)12-16-9-15(8-13(2)22(16)34-4)20-23(27)31-24(28)21(30-20)14-6-7-17-18(10-14)19(26)11-29-25(17)33/h6-11H,5,12H2,1-4H3,(H2,28,31)(H,29,33). The van der Waals surface area contributed by atoms with Crippen LogP contribution in [0.2, 0.25) is 0 Å². The Morgan fingerprint density at radius 1 is 1.09 bits per heavy atom. The van der Waals surface area contributed by atoms with E-state index in [1.807, 2.05) is 27.0 Å². The quantitative estimate of drug-likeness (QED) is 0.441. The third-order valence-corrected chi connectivity index (χ3v) is 5.81. The van der Waals surface area contributed by atoms with Crippen LogP contribution in [0.5, 0.6) is 5.75 Å². The third kappa shape index (κ3) is 4.22. The average molecular weight is 466 g/mol. The third-order valence-electron chi connectivity index (χ3n) is 5.81. The van der Waals surface area contributed by atoms with Crippen LogP contribution < -0.4 is 16.0 Å². The summed E-state index contributed by atoms with van der Waals surface area (Å²) in [6, 6.07) is 8.13. The Morgan fingerprint density at radius 2 is 1.85 bits per heavy atom. The maximum absolute atomic E-state index is 15.0. The molecule has 3 N–H and O–H groups in total. The molecular formula is C25H25F2N5O2. The number of ether oxygens (including phenoxy) is 1. The van der Waals surface area contributed by atoms with E-state index in [0.29, 0.717) is 17.7 Å². The van der Waals surface area contributed by atoms with Gasteiger partial charge in [0.15, 0.2) is 5.82 Å². The highest BCUT2D eigenvalue weighted by molar-refractivity contribution is 5.88. The first kappa shape index (κ1) is 23.3. The maximum atomic E-state index is 15.0. The minimum atomic E-state index is -0.816. The van der Waals surface area contributed by atoms with Gasteiger partial charge in [-0.15, -0.1) is 0 Å². The minimum absolute atomic E-state index is 0.0156. The van der Waals surface area contributed by atoms with Gasteiger partial charge in [0, 0.05) is 40.2 Å². The number of halogens is 2. The molecule has 0 fully saturated rings. The summed E-state index contributed by atoms with van der Waals surface area (Å²) in [5, 5.41) is 0.298. The number of nitrogen functional groups attached to an aromatic ring is 1. The molecule has 0 unspecified atom stereocenters. The van der Waals surface area contributed by atoms with Crippen molar-refractivity contribution in [2.75, 3.05) is 26.4 Å². The lowest BCUT2D eigenvalue weighted by Gasteiger charge is -2.19. The fourth-order valence-electron chi connectivity index (χ4n) is 3.99. The van der Waals surface area contributed by atoms with E-state index in [-0.39, 0.29) is 28.0 Å². The number of nitrogens with zero attached hydrogens (tertiary/aromatic N) is 3. The molecule has 0 aliphatic carbocycles. The summed E-state index contributed by atoms with van der Waals surface area (Å²) < 4.78 is 34.9. The van der Waals surface area contributed by atoms with Gasteiger partial charge in [0.2, 0.25) is 5.95 Å². The SMILES string of the molecule is CCN(C)Cc1cc(-c2nc(-c3ccc4c(=O)[nH]cc(F)c4c3)c(N)nc2F)cc(C)c1OC. The number of aryl methyl sites for hydroxylation is 1. The number of pyridine rings is 1. The molecule has 176 valence electrons. The van der Waals surface area contributed by atoms with Crippen LogP contribution in [-0.2, 0) is 6.54 Å². The van der Waals surface area contributed by atoms with Gasteiger partial charge in [-0.25, -0.2) is 9.37 Å². The Hall–Kier alpha value is -3.85. The molecule has 0 bridgehead atoms. The van der Waals surface area contributed by atoms with Crippen LogP contribution in [0, 0.1) is 18.7 Å². The molecule has 4 rings (SSSR count). The molecule has 2 heterocycles. The fourth-order valence-corrected chi connectivity index (χ4v) is 3.99. The summed E-state index contributed by atoms with van der Waals surface area (Å²) in [5.74, 6) is -0.824. The van der Waals surface area contributed by atoms with Crippen LogP contribution in [-0.4, -0.2) is 40.6 Å². The van der Waals surface area contributed by atoms with Gasteiger partial charge in [-0.2, -0.15) is 9.37 Å². The Kier molecular flexibility index (Phi) is 6.30. The van der Waals surface area contributed by atoms with E-state index in [1.165, 1.54) is 12.1 Å². The molecule has 2 aromatic carbocycles.